The fraction of sp³-hybridized carbons (Fsp3) is 0.417. The minimum atomic E-state index is -1.14. The third-order valence-corrected chi connectivity index (χ3v) is 8.56. The minimum absolute atomic E-state index is 0.0841. The maximum absolute atomic E-state index is 14.0. The first-order valence-electron chi connectivity index (χ1n) is 16.8. The number of fused-ring (bicyclic) bond motifs is 1. The standard InChI is InChI=1S/C36H51N9O5/c1-21-17-25(46)18-22(2)27(21)20-28(38)33(48)44-30(14-8-16-42-36(40)41)34(49)45-31(35(50)43-29(32(39)47)13-5-6-15-37)19-24-11-7-10-23-9-3-4-12-26(23)24/h3-4,7,9-12,17-18,28-31,46H,5-6,8,13-16,19-20,37-38H2,1-2H3,(H2,39,47)(H,43,50)(H,44,48)(H,45,49)(H4,40,41,42)/t28-,29-,30+,31-/m0/s1. The lowest BCUT2D eigenvalue weighted by atomic mass is 9.95. The quantitative estimate of drug-likeness (QED) is 0.0478. The van der Waals surface area contributed by atoms with Crippen LogP contribution in [0.5, 0.6) is 5.75 Å². The van der Waals surface area contributed by atoms with Crippen molar-refractivity contribution < 1.29 is 24.3 Å². The van der Waals surface area contributed by atoms with Crippen LogP contribution in [0.4, 0.5) is 0 Å². The van der Waals surface area contributed by atoms with Crippen LogP contribution in [0, 0.1) is 13.8 Å². The van der Waals surface area contributed by atoms with E-state index in [0.717, 1.165) is 33.0 Å². The molecule has 0 saturated carbocycles. The number of aliphatic imine (C=N–C) groups is 1. The Kier molecular flexibility index (Phi) is 15.0. The Bertz CT molecular complexity index is 1650. The van der Waals surface area contributed by atoms with E-state index in [1.165, 1.54) is 0 Å². The fourth-order valence-corrected chi connectivity index (χ4v) is 5.88. The molecule has 0 aromatic heterocycles. The van der Waals surface area contributed by atoms with Crippen molar-refractivity contribution in [1.29, 1.82) is 0 Å². The number of primary amides is 1. The molecule has 4 amide bonds. The van der Waals surface area contributed by atoms with Gasteiger partial charge >= 0.3 is 0 Å². The van der Waals surface area contributed by atoms with E-state index in [2.05, 4.69) is 20.9 Å². The molecule has 0 radical (unpaired) electrons. The maximum Gasteiger partial charge on any atom is 0.243 e. The van der Waals surface area contributed by atoms with Crippen molar-refractivity contribution >= 4 is 40.4 Å². The van der Waals surface area contributed by atoms with Gasteiger partial charge in [0.1, 0.15) is 23.9 Å². The molecule has 14 nitrogen and oxygen atoms in total. The van der Waals surface area contributed by atoms with Gasteiger partial charge in [0.2, 0.25) is 23.6 Å². The summed E-state index contributed by atoms with van der Waals surface area (Å²) in [6.07, 6.45) is 2.20. The van der Waals surface area contributed by atoms with Gasteiger partial charge in [-0.1, -0.05) is 42.5 Å². The fourth-order valence-electron chi connectivity index (χ4n) is 5.88. The number of guanidine groups is 1. The lowest BCUT2D eigenvalue weighted by molar-refractivity contribution is -0.133. The predicted molar refractivity (Wildman–Crippen MR) is 195 cm³/mol. The number of hydrogen-bond donors (Lipinski definition) is 9. The number of carbonyl (C=O) groups is 4. The van der Waals surface area contributed by atoms with Crippen molar-refractivity contribution in [2.45, 2.75) is 83.0 Å². The molecular formula is C36H51N9O5. The van der Waals surface area contributed by atoms with Crippen LogP contribution in [0.3, 0.4) is 0 Å². The normalized spacial score (nSPS) is 13.4. The number of nitrogens with one attached hydrogen (secondary N) is 3. The summed E-state index contributed by atoms with van der Waals surface area (Å²) in [6.45, 7) is 4.25. The lowest BCUT2D eigenvalue weighted by Gasteiger charge is -2.26. The van der Waals surface area contributed by atoms with Gasteiger partial charge in [-0.3, -0.25) is 24.2 Å². The highest BCUT2D eigenvalue weighted by atomic mass is 16.3. The van der Waals surface area contributed by atoms with Crippen molar-refractivity contribution in [3.05, 3.63) is 76.9 Å². The van der Waals surface area contributed by atoms with Crippen molar-refractivity contribution in [1.82, 2.24) is 16.0 Å². The highest BCUT2D eigenvalue weighted by molar-refractivity contribution is 5.95. The van der Waals surface area contributed by atoms with E-state index in [0.29, 0.717) is 25.8 Å². The highest BCUT2D eigenvalue weighted by Gasteiger charge is 2.30. The van der Waals surface area contributed by atoms with Crippen LogP contribution < -0.4 is 44.6 Å². The van der Waals surface area contributed by atoms with Crippen molar-refractivity contribution in [3.8, 4) is 5.75 Å². The van der Waals surface area contributed by atoms with Gasteiger partial charge in [0.05, 0.1) is 6.04 Å². The van der Waals surface area contributed by atoms with E-state index in [9.17, 15) is 24.3 Å². The average Bonchev–Trinajstić information content (AvgIpc) is 3.06. The average molecular weight is 690 g/mol. The number of aryl methyl sites for hydroxylation is 2. The Labute approximate surface area is 292 Å². The molecule has 3 aromatic rings. The molecule has 50 heavy (non-hydrogen) atoms. The molecule has 3 rings (SSSR count). The lowest BCUT2D eigenvalue weighted by Crippen LogP contribution is -2.58. The smallest absolute Gasteiger partial charge is 0.243 e. The third kappa shape index (κ3) is 11.7. The summed E-state index contributed by atoms with van der Waals surface area (Å²) in [7, 11) is 0. The molecule has 3 aromatic carbocycles. The van der Waals surface area contributed by atoms with Crippen LogP contribution in [0.1, 0.15) is 54.4 Å². The second-order valence-corrected chi connectivity index (χ2v) is 12.5. The van der Waals surface area contributed by atoms with Gasteiger partial charge in [-0.15, -0.1) is 0 Å². The van der Waals surface area contributed by atoms with Crippen LogP contribution >= 0.6 is 0 Å². The molecule has 14 heteroatoms. The zero-order valence-electron chi connectivity index (χ0n) is 28.8. The summed E-state index contributed by atoms with van der Waals surface area (Å²) in [5.74, 6) is -2.53. The van der Waals surface area contributed by atoms with E-state index >= 15 is 0 Å². The number of nitrogens with zero attached hydrogens (tertiary/aromatic N) is 1. The maximum atomic E-state index is 14.0. The summed E-state index contributed by atoms with van der Waals surface area (Å²) in [5, 5.41) is 20.0. The number of nitrogens with two attached hydrogens (primary N) is 5. The van der Waals surface area contributed by atoms with Gasteiger partial charge in [0, 0.05) is 13.0 Å². The van der Waals surface area contributed by atoms with Crippen LogP contribution in [-0.4, -0.2) is 72.0 Å². The predicted octanol–water partition coefficient (Wildman–Crippen LogP) is 0.397. The zero-order chi connectivity index (χ0) is 36.8. The SMILES string of the molecule is Cc1cc(O)cc(C)c1C[C@H](N)C(=O)N[C@H](CCCN=C(N)N)C(=O)N[C@@H](Cc1cccc2ccccc12)C(=O)N[C@@H](CCCCN)C(N)=O. The molecule has 0 saturated heterocycles. The number of amides is 4. The monoisotopic (exact) mass is 689 g/mol. The molecule has 0 aliphatic carbocycles. The van der Waals surface area contributed by atoms with Gasteiger partial charge in [0.15, 0.2) is 5.96 Å². The number of phenolic OH excluding ortho intramolecular Hbond substituents is 1. The number of unbranched alkanes of at least 4 members (excludes halogenated alkanes) is 1. The van der Waals surface area contributed by atoms with E-state index in [4.69, 9.17) is 28.7 Å². The Hall–Kier alpha value is -5.21. The number of benzene rings is 3. The second kappa shape index (κ2) is 19.1. The largest absolute Gasteiger partial charge is 0.508 e. The first-order chi connectivity index (χ1) is 23.8. The Morgan fingerprint density at radius 2 is 1.36 bits per heavy atom. The Balaban J connectivity index is 1.89. The molecule has 0 bridgehead atoms. The van der Waals surface area contributed by atoms with Crippen molar-refractivity contribution in [3.63, 3.8) is 0 Å². The topological polar surface area (TPSA) is 267 Å². The Morgan fingerprint density at radius 1 is 0.760 bits per heavy atom. The van der Waals surface area contributed by atoms with Crippen LogP contribution in [0.2, 0.25) is 0 Å². The molecule has 270 valence electrons. The molecule has 0 unspecified atom stereocenters. The summed E-state index contributed by atoms with van der Waals surface area (Å²) in [6, 6.07) is 12.3. The summed E-state index contributed by atoms with van der Waals surface area (Å²) >= 11 is 0. The number of hydrogen-bond acceptors (Lipinski definition) is 8. The van der Waals surface area contributed by atoms with E-state index < -0.39 is 47.8 Å². The van der Waals surface area contributed by atoms with Crippen LogP contribution in [0.15, 0.2) is 59.6 Å². The molecule has 0 heterocycles. The second-order valence-electron chi connectivity index (χ2n) is 12.5. The van der Waals surface area contributed by atoms with Gasteiger partial charge in [-0.2, -0.15) is 0 Å². The number of rotatable bonds is 19. The molecule has 0 aliphatic rings. The van der Waals surface area contributed by atoms with E-state index in [1.54, 1.807) is 12.1 Å². The van der Waals surface area contributed by atoms with Gasteiger partial charge in [-0.05, 0) is 104 Å². The third-order valence-electron chi connectivity index (χ3n) is 8.56. The van der Waals surface area contributed by atoms with Gasteiger partial charge in [0.25, 0.3) is 0 Å². The molecule has 4 atom stereocenters. The molecule has 0 fully saturated rings. The number of phenols is 1. The minimum Gasteiger partial charge on any atom is -0.508 e. The van der Waals surface area contributed by atoms with Crippen molar-refractivity contribution in [2.24, 2.45) is 33.7 Å². The van der Waals surface area contributed by atoms with Crippen molar-refractivity contribution in [2.75, 3.05) is 13.1 Å². The van der Waals surface area contributed by atoms with Gasteiger partial charge < -0.3 is 49.7 Å². The van der Waals surface area contributed by atoms with E-state index in [-0.39, 0.29) is 43.9 Å². The molecular weight excluding hydrogens is 638 g/mol. The van der Waals surface area contributed by atoms with Crippen LogP contribution in [-0.2, 0) is 32.0 Å². The van der Waals surface area contributed by atoms with E-state index in [1.807, 2.05) is 56.3 Å². The number of carbonyl (C=O) groups excluding carboxylic acids is 4. The van der Waals surface area contributed by atoms with Gasteiger partial charge in [-0.25, -0.2) is 0 Å². The number of aromatic hydroxyl groups is 1. The van der Waals surface area contributed by atoms with Crippen LogP contribution in [0.25, 0.3) is 10.8 Å². The molecule has 0 aliphatic heterocycles. The summed E-state index contributed by atoms with van der Waals surface area (Å²) in [5.41, 5.74) is 31.6. The summed E-state index contributed by atoms with van der Waals surface area (Å²) in [4.78, 5) is 57.5. The first kappa shape index (κ1) is 39.2. The first-order valence-corrected chi connectivity index (χ1v) is 16.8. The summed E-state index contributed by atoms with van der Waals surface area (Å²) < 4.78 is 0. The molecule has 0 spiro atoms. The zero-order valence-corrected chi connectivity index (χ0v) is 28.8. The Morgan fingerprint density at radius 3 is 2.02 bits per heavy atom. The molecule has 14 N–H and O–H groups in total. The highest BCUT2D eigenvalue weighted by Crippen LogP contribution is 2.22.